The number of pyridine rings is 1. The lowest BCUT2D eigenvalue weighted by atomic mass is 9.72. The summed E-state index contributed by atoms with van der Waals surface area (Å²) in [5.41, 5.74) is 1.58. The maximum absolute atomic E-state index is 12.9. The molecule has 6 nitrogen and oxygen atoms in total. The highest BCUT2D eigenvalue weighted by atomic mass is 19.4. The average Bonchev–Trinajstić information content (AvgIpc) is 2.84. The predicted molar refractivity (Wildman–Crippen MR) is 131 cm³/mol. The van der Waals surface area contributed by atoms with Crippen LogP contribution in [0.1, 0.15) is 29.5 Å². The highest BCUT2D eigenvalue weighted by Gasteiger charge is 2.45. The summed E-state index contributed by atoms with van der Waals surface area (Å²) in [7, 11) is 0. The molecule has 2 fully saturated rings. The second kappa shape index (κ2) is 10.0. The van der Waals surface area contributed by atoms with E-state index in [4.69, 9.17) is 9.47 Å². The topological polar surface area (TPSA) is 54.9 Å². The molecule has 9 heteroatoms. The number of aryl methyl sites for hydroxylation is 1. The summed E-state index contributed by atoms with van der Waals surface area (Å²) in [5.74, 6) is 1.42. The molecule has 0 N–H and O–H groups in total. The third-order valence-corrected chi connectivity index (χ3v) is 7.00. The zero-order valence-electron chi connectivity index (χ0n) is 20.5. The van der Waals surface area contributed by atoms with E-state index >= 15 is 0 Å². The fourth-order valence-corrected chi connectivity index (χ4v) is 5.03. The number of hydrogen-bond donors (Lipinski definition) is 0. The van der Waals surface area contributed by atoms with Gasteiger partial charge in [0.15, 0.2) is 5.75 Å². The van der Waals surface area contributed by atoms with Crippen molar-refractivity contribution < 1.29 is 27.4 Å². The van der Waals surface area contributed by atoms with Crippen molar-refractivity contribution in [3.05, 3.63) is 83.7 Å². The molecule has 0 aliphatic carbocycles. The van der Waals surface area contributed by atoms with Crippen molar-refractivity contribution in [3.8, 4) is 17.2 Å². The Labute approximate surface area is 213 Å². The van der Waals surface area contributed by atoms with E-state index in [2.05, 4.69) is 22.0 Å². The summed E-state index contributed by atoms with van der Waals surface area (Å²) in [6.07, 6.45) is -1.69. The number of ether oxygens (including phenoxy) is 2. The Kier molecular flexibility index (Phi) is 6.81. The van der Waals surface area contributed by atoms with Gasteiger partial charge in [-0.3, -0.25) is 9.88 Å². The molecular weight excluding hydrogens is 483 g/mol. The molecule has 3 heterocycles. The SMILES string of the molecule is Cc1cccc(Oc2ccc(CN3CC4(CCN(C(=O)Oc5cncc(C(F)(F)F)c5)CC4)C3)cc2)c1. The molecule has 0 saturated carbocycles. The van der Waals surface area contributed by atoms with Crippen molar-refractivity contribution in [2.75, 3.05) is 26.2 Å². The molecule has 2 saturated heterocycles. The third-order valence-electron chi connectivity index (χ3n) is 7.00. The molecular formula is C28H28F3N3O3. The van der Waals surface area contributed by atoms with Crippen LogP contribution in [0.5, 0.6) is 17.2 Å². The maximum atomic E-state index is 12.9. The predicted octanol–water partition coefficient (Wildman–Crippen LogP) is 6.30. The molecule has 1 spiro atoms. The minimum atomic E-state index is -4.54. The van der Waals surface area contributed by atoms with Gasteiger partial charge in [-0.15, -0.1) is 0 Å². The summed E-state index contributed by atoms with van der Waals surface area (Å²) >= 11 is 0. The number of carbonyl (C=O) groups is 1. The van der Waals surface area contributed by atoms with Gasteiger partial charge < -0.3 is 14.4 Å². The number of hydrogen-bond acceptors (Lipinski definition) is 5. The summed E-state index contributed by atoms with van der Waals surface area (Å²) in [6.45, 7) is 5.82. The van der Waals surface area contributed by atoms with Gasteiger partial charge >= 0.3 is 12.3 Å². The minimum absolute atomic E-state index is 0.169. The number of rotatable bonds is 5. The number of benzene rings is 2. The molecule has 5 rings (SSSR count). The van der Waals surface area contributed by atoms with Crippen LogP contribution in [0, 0.1) is 12.3 Å². The molecule has 1 amide bonds. The van der Waals surface area contributed by atoms with Gasteiger partial charge in [-0.2, -0.15) is 13.2 Å². The van der Waals surface area contributed by atoms with E-state index in [-0.39, 0.29) is 11.2 Å². The summed E-state index contributed by atoms with van der Waals surface area (Å²) in [6, 6.07) is 16.9. The van der Waals surface area contributed by atoms with Gasteiger partial charge in [-0.25, -0.2) is 4.79 Å². The van der Waals surface area contributed by atoms with Gasteiger partial charge in [-0.1, -0.05) is 24.3 Å². The molecule has 0 bridgehead atoms. The first-order chi connectivity index (χ1) is 17.7. The fraction of sp³-hybridized carbons (Fsp3) is 0.357. The monoisotopic (exact) mass is 511 g/mol. The quantitative estimate of drug-likeness (QED) is 0.403. The fourth-order valence-electron chi connectivity index (χ4n) is 5.03. The first-order valence-corrected chi connectivity index (χ1v) is 12.2. The average molecular weight is 512 g/mol. The Bertz CT molecular complexity index is 1250. The van der Waals surface area contributed by atoms with Gasteiger partial charge in [0.2, 0.25) is 0 Å². The second-order valence-corrected chi connectivity index (χ2v) is 9.97. The number of nitrogens with zero attached hydrogens (tertiary/aromatic N) is 3. The molecule has 0 radical (unpaired) electrons. The van der Waals surface area contributed by atoms with Crippen LogP contribution in [-0.2, 0) is 12.7 Å². The van der Waals surface area contributed by atoms with Crippen molar-refractivity contribution in [3.63, 3.8) is 0 Å². The lowest BCUT2D eigenvalue weighted by Crippen LogP contribution is -2.60. The van der Waals surface area contributed by atoms with Gasteiger partial charge in [0.25, 0.3) is 0 Å². The Morgan fingerprint density at radius 2 is 1.70 bits per heavy atom. The van der Waals surface area contributed by atoms with Crippen molar-refractivity contribution in [1.29, 1.82) is 0 Å². The summed E-state index contributed by atoms with van der Waals surface area (Å²) < 4.78 is 49.7. The van der Waals surface area contributed by atoms with E-state index in [0.29, 0.717) is 19.3 Å². The Morgan fingerprint density at radius 1 is 0.973 bits per heavy atom. The number of halogens is 3. The molecule has 37 heavy (non-hydrogen) atoms. The number of likely N-dealkylation sites (tertiary alicyclic amines) is 2. The van der Waals surface area contributed by atoms with E-state index in [1.807, 2.05) is 43.3 Å². The van der Waals surface area contributed by atoms with Crippen LogP contribution in [0.4, 0.5) is 18.0 Å². The maximum Gasteiger partial charge on any atom is 0.418 e. The van der Waals surface area contributed by atoms with Crippen molar-refractivity contribution in [2.45, 2.75) is 32.5 Å². The molecule has 2 aromatic carbocycles. The van der Waals surface area contributed by atoms with Crippen LogP contribution >= 0.6 is 0 Å². The second-order valence-electron chi connectivity index (χ2n) is 9.97. The molecule has 2 aliphatic heterocycles. The number of piperidine rings is 1. The molecule has 3 aromatic rings. The summed E-state index contributed by atoms with van der Waals surface area (Å²) in [4.78, 5) is 20.0. The van der Waals surface area contributed by atoms with Crippen LogP contribution < -0.4 is 9.47 Å². The van der Waals surface area contributed by atoms with Crippen LogP contribution in [0.2, 0.25) is 0 Å². The van der Waals surface area contributed by atoms with Crippen LogP contribution in [0.15, 0.2) is 67.0 Å². The van der Waals surface area contributed by atoms with E-state index in [9.17, 15) is 18.0 Å². The lowest BCUT2D eigenvalue weighted by Gasteiger charge is -2.54. The van der Waals surface area contributed by atoms with Crippen LogP contribution in [0.25, 0.3) is 0 Å². The molecule has 2 aliphatic rings. The first kappa shape index (κ1) is 25.1. The zero-order chi connectivity index (χ0) is 26.0. The number of amides is 1. The molecule has 194 valence electrons. The molecule has 1 aromatic heterocycles. The van der Waals surface area contributed by atoms with Gasteiger partial charge in [0, 0.05) is 38.9 Å². The minimum Gasteiger partial charge on any atom is -0.457 e. The third kappa shape index (κ3) is 6.05. The Morgan fingerprint density at radius 3 is 2.38 bits per heavy atom. The highest BCUT2D eigenvalue weighted by molar-refractivity contribution is 5.70. The van der Waals surface area contributed by atoms with E-state index in [0.717, 1.165) is 61.8 Å². The van der Waals surface area contributed by atoms with Crippen molar-refractivity contribution in [2.24, 2.45) is 5.41 Å². The zero-order valence-corrected chi connectivity index (χ0v) is 20.5. The van der Waals surface area contributed by atoms with E-state index in [1.54, 1.807) is 4.90 Å². The van der Waals surface area contributed by atoms with Gasteiger partial charge in [-0.05, 0) is 66.6 Å². The lowest BCUT2D eigenvalue weighted by molar-refractivity contribution is -0.137. The smallest absolute Gasteiger partial charge is 0.418 e. The number of aromatic nitrogens is 1. The van der Waals surface area contributed by atoms with Crippen molar-refractivity contribution >= 4 is 6.09 Å². The number of carbonyl (C=O) groups excluding carboxylic acids is 1. The van der Waals surface area contributed by atoms with Gasteiger partial charge in [0.1, 0.15) is 11.5 Å². The van der Waals surface area contributed by atoms with Gasteiger partial charge in [0.05, 0.1) is 11.8 Å². The summed E-state index contributed by atoms with van der Waals surface area (Å²) in [5, 5.41) is 0. The first-order valence-electron chi connectivity index (χ1n) is 12.2. The van der Waals surface area contributed by atoms with Crippen LogP contribution in [-0.4, -0.2) is 47.1 Å². The highest BCUT2D eigenvalue weighted by Crippen LogP contribution is 2.41. The van der Waals surface area contributed by atoms with E-state index in [1.165, 1.54) is 5.56 Å². The van der Waals surface area contributed by atoms with Crippen molar-refractivity contribution in [1.82, 2.24) is 14.8 Å². The largest absolute Gasteiger partial charge is 0.457 e. The van der Waals surface area contributed by atoms with E-state index < -0.39 is 17.8 Å². The molecule has 0 unspecified atom stereocenters. The Balaban J connectivity index is 1.07. The standard InChI is InChI=1S/C28H28F3N3O3/c1-20-3-2-4-24(13-20)36-23-7-5-21(6-8-23)17-33-18-27(19-33)9-11-34(12-10-27)26(35)37-25-14-22(15-32-16-25)28(29,30)31/h2-8,13-16H,9-12,17-19H2,1H3. The normalized spacial score (nSPS) is 17.4. The molecule has 0 atom stereocenters. The Hall–Kier alpha value is -3.59. The number of alkyl halides is 3. The van der Waals surface area contributed by atoms with Crippen LogP contribution in [0.3, 0.4) is 0 Å².